The molecule has 0 fully saturated rings. The molecule has 1 aromatic carbocycles. The van der Waals surface area contributed by atoms with E-state index in [-0.39, 0.29) is 0 Å². The Bertz CT molecular complexity index is 284. The van der Waals surface area contributed by atoms with Crippen LogP contribution < -0.4 is 5.32 Å². The number of halogens is 2. The summed E-state index contributed by atoms with van der Waals surface area (Å²) in [5.74, 6) is 0. The zero-order valence-corrected chi connectivity index (χ0v) is 9.28. The van der Waals surface area contributed by atoms with Crippen LogP contribution in [0.25, 0.3) is 0 Å². The number of nitrogens with one attached hydrogen (secondary N) is 1. The molecule has 13 heavy (non-hydrogen) atoms. The molecule has 1 rings (SSSR count). The lowest BCUT2D eigenvalue weighted by molar-refractivity contribution is 0.589. The summed E-state index contributed by atoms with van der Waals surface area (Å²) in [6.45, 7) is 4.95. The van der Waals surface area contributed by atoms with Gasteiger partial charge in [-0.05, 0) is 23.8 Å². The first-order chi connectivity index (χ1) is 6.09. The van der Waals surface area contributed by atoms with Crippen LogP contribution in [0.3, 0.4) is 0 Å². The fourth-order valence-electron chi connectivity index (χ4n) is 0.993. The molecule has 0 atom stereocenters. The zero-order valence-electron chi connectivity index (χ0n) is 7.77. The van der Waals surface area contributed by atoms with E-state index >= 15 is 0 Å². The molecule has 0 aliphatic carbocycles. The van der Waals surface area contributed by atoms with Crippen LogP contribution in [0.5, 0.6) is 0 Å². The molecule has 3 heteroatoms. The van der Waals surface area contributed by atoms with Gasteiger partial charge >= 0.3 is 0 Å². The highest BCUT2D eigenvalue weighted by molar-refractivity contribution is 6.33. The number of rotatable bonds is 3. The van der Waals surface area contributed by atoms with Gasteiger partial charge in [-0.3, -0.25) is 0 Å². The van der Waals surface area contributed by atoms with E-state index in [9.17, 15) is 0 Å². The molecule has 0 amide bonds. The highest BCUT2D eigenvalue weighted by atomic mass is 35.5. The molecule has 0 saturated heterocycles. The number of hydrogen-bond acceptors (Lipinski definition) is 1. The maximum absolute atomic E-state index is 5.98. The lowest BCUT2D eigenvalue weighted by atomic mass is 10.2. The van der Waals surface area contributed by atoms with Crippen LogP contribution in [0.1, 0.15) is 19.4 Å². The second kappa shape index (κ2) is 4.85. The van der Waals surface area contributed by atoms with Gasteiger partial charge in [-0.15, -0.1) is 0 Å². The quantitative estimate of drug-likeness (QED) is 0.818. The number of benzene rings is 1. The van der Waals surface area contributed by atoms with E-state index in [1.165, 1.54) is 0 Å². The number of hydrogen-bond donors (Lipinski definition) is 1. The average Bonchev–Trinajstić information content (AvgIpc) is 2.06. The molecule has 0 spiro atoms. The highest BCUT2D eigenvalue weighted by Gasteiger charge is 2.01. The van der Waals surface area contributed by atoms with Gasteiger partial charge in [0, 0.05) is 22.6 Å². The molecule has 1 nitrogen and oxygen atoms in total. The van der Waals surface area contributed by atoms with Crippen LogP contribution in [-0.2, 0) is 6.54 Å². The normalized spacial score (nSPS) is 10.8. The molecule has 72 valence electrons. The summed E-state index contributed by atoms with van der Waals surface area (Å²) in [4.78, 5) is 0. The van der Waals surface area contributed by atoms with Crippen molar-refractivity contribution >= 4 is 23.2 Å². The van der Waals surface area contributed by atoms with E-state index in [0.29, 0.717) is 6.04 Å². The van der Waals surface area contributed by atoms with Crippen molar-refractivity contribution in [3.63, 3.8) is 0 Å². The van der Waals surface area contributed by atoms with E-state index in [1.807, 2.05) is 12.1 Å². The third-order valence-corrected chi connectivity index (χ3v) is 2.31. The van der Waals surface area contributed by atoms with Gasteiger partial charge in [0.15, 0.2) is 0 Å². The van der Waals surface area contributed by atoms with Gasteiger partial charge < -0.3 is 5.32 Å². The topological polar surface area (TPSA) is 12.0 Å². The van der Waals surface area contributed by atoms with Crippen LogP contribution in [0.2, 0.25) is 10.0 Å². The molecular formula is C10H13Cl2N. The minimum absolute atomic E-state index is 0.454. The predicted molar refractivity (Wildman–Crippen MR) is 58.4 cm³/mol. The summed E-state index contributed by atoms with van der Waals surface area (Å²) in [6.07, 6.45) is 0. The Labute approximate surface area is 89.0 Å². The van der Waals surface area contributed by atoms with Gasteiger partial charge in [0.2, 0.25) is 0 Å². The van der Waals surface area contributed by atoms with Crippen molar-refractivity contribution in [1.29, 1.82) is 0 Å². The van der Waals surface area contributed by atoms with Crippen molar-refractivity contribution in [2.24, 2.45) is 0 Å². The minimum Gasteiger partial charge on any atom is -0.310 e. The highest BCUT2D eigenvalue weighted by Crippen LogP contribution is 2.20. The first-order valence-electron chi connectivity index (χ1n) is 4.27. The third-order valence-electron chi connectivity index (χ3n) is 1.71. The molecule has 0 bridgehead atoms. The standard InChI is InChI=1S/C10H13Cl2N/c1-7(2)13-6-8-5-9(11)3-4-10(8)12/h3-5,7,13H,6H2,1-2H3. The molecule has 0 aromatic heterocycles. The first-order valence-corrected chi connectivity index (χ1v) is 5.02. The molecular weight excluding hydrogens is 205 g/mol. The molecule has 0 aliphatic rings. The lowest BCUT2D eigenvalue weighted by Crippen LogP contribution is -2.21. The van der Waals surface area contributed by atoms with E-state index in [0.717, 1.165) is 22.2 Å². The second-order valence-corrected chi connectivity index (χ2v) is 4.11. The molecule has 0 radical (unpaired) electrons. The SMILES string of the molecule is CC(C)NCc1cc(Cl)ccc1Cl. The smallest absolute Gasteiger partial charge is 0.0451 e. The first kappa shape index (κ1) is 10.8. The van der Waals surface area contributed by atoms with Crippen molar-refractivity contribution in [3.8, 4) is 0 Å². The Hall–Kier alpha value is -0.240. The summed E-state index contributed by atoms with van der Waals surface area (Å²) >= 11 is 11.8. The average molecular weight is 218 g/mol. The van der Waals surface area contributed by atoms with Crippen molar-refractivity contribution < 1.29 is 0 Å². The predicted octanol–water partition coefficient (Wildman–Crippen LogP) is 3.49. The van der Waals surface area contributed by atoms with Crippen molar-refractivity contribution in [2.75, 3.05) is 0 Å². The van der Waals surface area contributed by atoms with Crippen LogP contribution in [0.15, 0.2) is 18.2 Å². The van der Waals surface area contributed by atoms with Crippen LogP contribution in [0.4, 0.5) is 0 Å². The van der Waals surface area contributed by atoms with Crippen LogP contribution in [-0.4, -0.2) is 6.04 Å². The lowest BCUT2D eigenvalue weighted by Gasteiger charge is -2.09. The van der Waals surface area contributed by atoms with Crippen molar-refractivity contribution in [3.05, 3.63) is 33.8 Å². The van der Waals surface area contributed by atoms with Crippen LogP contribution in [0, 0.1) is 0 Å². The third kappa shape index (κ3) is 3.55. The monoisotopic (exact) mass is 217 g/mol. The molecule has 1 aromatic rings. The van der Waals surface area contributed by atoms with Gasteiger partial charge in [0.25, 0.3) is 0 Å². The summed E-state index contributed by atoms with van der Waals surface area (Å²) in [5.41, 5.74) is 1.04. The van der Waals surface area contributed by atoms with Gasteiger partial charge in [-0.1, -0.05) is 37.0 Å². The Kier molecular flexibility index (Phi) is 4.04. The van der Waals surface area contributed by atoms with Gasteiger partial charge in [-0.2, -0.15) is 0 Å². The van der Waals surface area contributed by atoms with E-state index < -0.39 is 0 Å². The Morgan fingerprint density at radius 3 is 2.62 bits per heavy atom. The molecule has 0 heterocycles. The fourth-order valence-corrected chi connectivity index (χ4v) is 1.37. The fraction of sp³-hybridized carbons (Fsp3) is 0.400. The molecule has 1 N–H and O–H groups in total. The van der Waals surface area contributed by atoms with E-state index in [4.69, 9.17) is 23.2 Å². The van der Waals surface area contributed by atoms with Crippen molar-refractivity contribution in [1.82, 2.24) is 5.32 Å². The molecule has 0 unspecified atom stereocenters. The Balaban J connectivity index is 2.70. The minimum atomic E-state index is 0.454. The van der Waals surface area contributed by atoms with Gasteiger partial charge in [0.1, 0.15) is 0 Å². The summed E-state index contributed by atoms with van der Waals surface area (Å²) in [7, 11) is 0. The van der Waals surface area contributed by atoms with E-state index in [1.54, 1.807) is 6.07 Å². The summed E-state index contributed by atoms with van der Waals surface area (Å²) in [6, 6.07) is 5.96. The van der Waals surface area contributed by atoms with Gasteiger partial charge in [-0.25, -0.2) is 0 Å². The van der Waals surface area contributed by atoms with E-state index in [2.05, 4.69) is 19.2 Å². The summed E-state index contributed by atoms with van der Waals surface area (Å²) < 4.78 is 0. The maximum Gasteiger partial charge on any atom is 0.0451 e. The molecule has 0 aliphatic heterocycles. The Morgan fingerprint density at radius 2 is 2.00 bits per heavy atom. The summed E-state index contributed by atoms with van der Waals surface area (Å²) in [5, 5.41) is 4.78. The Morgan fingerprint density at radius 1 is 1.31 bits per heavy atom. The second-order valence-electron chi connectivity index (χ2n) is 3.27. The maximum atomic E-state index is 5.98. The zero-order chi connectivity index (χ0) is 9.84. The van der Waals surface area contributed by atoms with Crippen LogP contribution >= 0.6 is 23.2 Å². The van der Waals surface area contributed by atoms with Gasteiger partial charge in [0.05, 0.1) is 0 Å². The van der Waals surface area contributed by atoms with Crippen molar-refractivity contribution in [2.45, 2.75) is 26.4 Å². The molecule has 0 saturated carbocycles. The largest absolute Gasteiger partial charge is 0.310 e.